The molecule has 0 spiro atoms. The van der Waals surface area contributed by atoms with E-state index in [2.05, 4.69) is 0 Å². The van der Waals surface area contributed by atoms with Gasteiger partial charge in [-0.2, -0.15) is 0 Å². The number of carbonyl (C=O) groups excluding carboxylic acids is 1. The van der Waals surface area contributed by atoms with E-state index in [1.54, 1.807) is 18.7 Å². The van der Waals surface area contributed by atoms with Crippen LogP contribution in [-0.4, -0.2) is 48.6 Å². The van der Waals surface area contributed by atoms with Crippen LogP contribution in [0.2, 0.25) is 0 Å². The van der Waals surface area contributed by atoms with Gasteiger partial charge in [-0.3, -0.25) is 14.3 Å². The molecule has 0 heterocycles. The zero-order valence-corrected chi connectivity index (χ0v) is 14.4. The van der Waals surface area contributed by atoms with Gasteiger partial charge in [0.25, 0.3) is 0 Å². The minimum atomic E-state index is 0. The molecular formula is C13H19IN2OS. The van der Waals surface area contributed by atoms with Gasteiger partial charge in [0.05, 0.1) is 28.2 Å². The zero-order chi connectivity index (χ0) is 13.0. The number of benzene rings is 1. The molecule has 0 N–H and O–H groups in total. The minimum Gasteiger partial charge on any atom is -1.00 e. The maximum atomic E-state index is 11.5. The summed E-state index contributed by atoms with van der Waals surface area (Å²) >= 11 is 1.61. The van der Waals surface area contributed by atoms with Crippen molar-refractivity contribution in [1.29, 1.82) is 0 Å². The van der Waals surface area contributed by atoms with E-state index in [9.17, 15) is 4.79 Å². The van der Waals surface area contributed by atoms with Crippen LogP contribution < -0.4 is 24.0 Å². The molecule has 100 valence electrons. The van der Waals surface area contributed by atoms with E-state index in [4.69, 9.17) is 0 Å². The number of hydrogen-bond donors (Lipinski definition) is 0. The van der Waals surface area contributed by atoms with Crippen LogP contribution in [0.15, 0.2) is 29.2 Å². The molecule has 0 unspecified atom stereocenters. The third-order valence-electron chi connectivity index (χ3n) is 2.23. The van der Waals surface area contributed by atoms with Crippen LogP contribution in [0.25, 0.3) is 0 Å². The molecule has 0 aliphatic carbocycles. The van der Waals surface area contributed by atoms with E-state index in [1.165, 1.54) is 0 Å². The predicted molar refractivity (Wildman–Crippen MR) is 73.1 cm³/mol. The summed E-state index contributed by atoms with van der Waals surface area (Å²) in [5.74, 6) is 0.102. The molecule has 0 aliphatic rings. The Bertz CT molecular complexity index is 454. The van der Waals surface area contributed by atoms with Gasteiger partial charge in [0, 0.05) is 10.5 Å². The van der Waals surface area contributed by atoms with Crippen molar-refractivity contribution < 1.29 is 33.3 Å². The van der Waals surface area contributed by atoms with Crippen molar-refractivity contribution in [3.8, 4) is 0 Å². The highest BCUT2D eigenvalue weighted by Crippen LogP contribution is 2.24. The first-order valence-electron chi connectivity index (χ1n) is 5.43. The number of rotatable bonds is 2. The fraction of sp³-hybridized carbons (Fsp3) is 0.385. The Morgan fingerprint density at radius 2 is 1.78 bits per heavy atom. The van der Waals surface area contributed by atoms with Crippen molar-refractivity contribution in [3.05, 3.63) is 29.8 Å². The van der Waals surface area contributed by atoms with Crippen molar-refractivity contribution in [2.45, 2.75) is 11.8 Å². The van der Waals surface area contributed by atoms with Gasteiger partial charge in [0.15, 0.2) is 5.78 Å². The number of halogens is 1. The molecule has 0 bridgehead atoms. The Hall–Kier alpha value is -0.560. The molecule has 0 aromatic heterocycles. The number of Topliss-reactive ketones (excluding diaryl/α,β-unsaturated/α-hetero) is 1. The molecule has 5 heteroatoms. The van der Waals surface area contributed by atoms with E-state index >= 15 is 0 Å². The van der Waals surface area contributed by atoms with Gasteiger partial charge < -0.3 is 24.0 Å². The summed E-state index contributed by atoms with van der Waals surface area (Å²) in [5, 5.41) is 1.10. The van der Waals surface area contributed by atoms with Gasteiger partial charge in [0.2, 0.25) is 0 Å². The second-order valence-electron chi connectivity index (χ2n) is 4.23. The summed E-state index contributed by atoms with van der Waals surface area (Å²) < 4.78 is 2.04. The molecule has 1 aromatic rings. The standard InChI is InChI=1S/C13H19N2OS.HI/c1-10(16)11-8-6-7-9-12(11)17-13(14(2)3)15(4)5;/h6-9H,1-5H3;1H/q+1;/p-1. The van der Waals surface area contributed by atoms with Crippen LogP contribution in [0.3, 0.4) is 0 Å². The molecular weight excluding hydrogens is 359 g/mol. The van der Waals surface area contributed by atoms with E-state index in [1.807, 2.05) is 61.9 Å². The molecule has 0 radical (unpaired) electrons. The molecule has 0 saturated carbocycles. The molecule has 18 heavy (non-hydrogen) atoms. The summed E-state index contributed by atoms with van der Waals surface area (Å²) in [4.78, 5) is 14.6. The molecule has 0 amide bonds. The molecule has 0 aliphatic heterocycles. The Labute approximate surface area is 130 Å². The monoisotopic (exact) mass is 378 g/mol. The lowest BCUT2D eigenvalue weighted by atomic mass is 10.1. The van der Waals surface area contributed by atoms with Crippen LogP contribution in [0.5, 0.6) is 0 Å². The summed E-state index contributed by atoms with van der Waals surface area (Å²) in [5.41, 5.74) is 0.777. The highest BCUT2D eigenvalue weighted by molar-refractivity contribution is 8.13. The number of hydrogen-bond acceptors (Lipinski definition) is 2. The number of carbonyl (C=O) groups is 1. The number of nitrogens with zero attached hydrogens (tertiary/aromatic N) is 2. The Morgan fingerprint density at radius 3 is 2.22 bits per heavy atom. The average molecular weight is 378 g/mol. The van der Waals surface area contributed by atoms with Gasteiger partial charge in [-0.1, -0.05) is 18.2 Å². The van der Waals surface area contributed by atoms with Crippen molar-refractivity contribution >= 4 is 22.7 Å². The summed E-state index contributed by atoms with van der Waals surface area (Å²) in [6.07, 6.45) is 0. The first-order valence-corrected chi connectivity index (χ1v) is 6.24. The highest BCUT2D eigenvalue weighted by Gasteiger charge is 2.17. The van der Waals surface area contributed by atoms with Crippen molar-refractivity contribution in [2.24, 2.45) is 0 Å². The van der Waals surface area contributed by atoms with Gasteiger partial charge in [0.1, 0.15) is 0 Å². The lowest BCUT2D eigenvalue weighted by Crippen LogP contribution is -3.00. The number of ketones is 1. The second kappa shape index (κ2) is 7.78. The van der Waals surface area contributed by atoms with Crippen LogP contribution in [0.4, 0.5) is 0 Å². The van der Waals surface area contributed by atoms with Crippen molar-refractivity contribution in [3.63, 3.8) is 0 Å². The molecule has 0 saturated heterocycles. The molecule has 3 nitrogen and oxygen atoms in total. The maximum Gasteiger partial charge on any atom is 0.312 e. The van der Waals surface area contributed by atoms with Crippen molar-refractivity contribution in [1.82, 2.24) is 4.90 Å². The first-order chi connectivity index (χ1) is 7.93. The Morgan fingerprint density at radius 1 is 1.22 bits per heavy atom. The number of amidine groups is 1. The SMILES string of the molecule is CC(=O)c1ccccc1SC(N(C)C)=[N+](C)C.[I-]. The van der Waals surface area contributed by atoms with E-state index < -0.39 is 0 Å². The summed E-state index contributed by atoms with van der Waals surface area (Å²) in [7, 11) is 7.99. The van der Waals surface area contributed by atoms with Gasteiger partial charge in [-0.05, 0) is 24.8 Å². The fourth-order valence-corrected chi connectivity index (χ4v) is 2.56. The minimum absolute atomic E-state index is 0. The van der Waals surface area contributed by atoms with Gasteiger partial charge in [-0.15, -0.1) is 0 Å². The van der Waals surface area contributed by atoms with Crippen LogP contribution >= 0.6 is 11.8 Å². The fourth-order valence-electron chi connectivity index (χ4n) is 1.53. The van der Waals surface area contributed by atoms with Crippen LogP contribution in [-0.2, 0) is 0 Å². The number of thioether (sulfide) groups is 1. The predicted octanol–water partition coefficient (Wildman–Crippen LogP) is -0.825. The summed E-state index contributed by atoms with van der Waals surface area (Å²) in [6, 6.07) is 7.70. The Kier molecular flexibility index (Phi) is 7.54. The van der Waals surface area contributed by atoms with Crippen LogP contribution in [0, 0.1) is 0 Å². The lowest BCUT2D eigenvalue weighted by molar-refractivity contribution is -0.466. The zero-order valence-electron chi connectivity index (χ0n) is 11.4. The smallest absolute Gasteiger partial charge is 0.312 e. The lowest BCUT2D eigenvalue weighted by Gasteiger charge is -2.12. The third kappa shape index (κ3) is 4.61. The van der Waals surface area contributed by atoms with E-state index in [-0.39, 0.29) is 29.8 Å². The van der Waals surface area contributed by atoms with Crippen LogP contribution in [0.1, 0.15) is 17.3 Å². The molecule has 0 fully saturated rings. The molecule has 1 aromatic carbocycles. The molecule has 0 atom stereocenters. The quantitative estimate of drug-likeness (QED) is 0.168. The van der Waals surface area contributed by atoms with E-state index in [0.717, 1.165) is 15.6 Å². The van der Waals surface area contributed by atoms with Gasteiger partial charge >= 0.3 is 5.17 Å². The van der Waals surface area contributed by atoms with E-state index in [0.29, 0.717) is 0 Å². The molecule has 1 rings (SSSR count). The largest absolute Gasteiger partial charge is 1.00 e. The Balaban J connectivity index is 0.00000289. The average Bonchev–Trinajstić information content (AvgIpc) is 2.25. The summed E-state index contributed by atoms with van der Waals surface area (Å²) in [6.45, 7) is 1.60. The highest BCUT2D eigenvalue weighted by atomic mass is 127. The first kappa shape index (κ1) is 17.4. The topological polar surface area (TPSA) is 23.3 Å². The van der Waals surface area contributed by atoms with Gasteiger partial charge in [-0.25, -0.2) is 0 Å². The second-order valence-corrected chi connectivity index (χ2v) is 5.23. The van der Waals surface area contributed by atoms with Crippen molar-refractivity contribution in [2.75, 3.05) is 28.2 Å². The normalized spacial score (nSPS) is 9.39. The third-order valence-corrected chi connectivity index (χ3v) is 3.72. The maximum absolute atomic E-state index is 11.5.